The van der Waals surface area contributed by atoms with Gasteiger partial charge in [-0.3, -0.25) is 10.1 Å². The van der Waals surface area contributed by atoms with E-state index in [0.29, 0.717) is 17.0 Å². The number of hydrogen-bond acceptors (Lipinski definition) is 5. The number of nitrogens with one attached hydrogen (secondary N) is 1. The number of hydrogen-bond donors (Lipinski definition) is 1. The Hall–Kier alpha value is -1.43. The second-order valence-electron chi connectivity index (χ2n) is 4.26. The van der Waals surface area contributed by atoms with Gasteiger partial charge in [0.15, 0.2) is 0 Å². The summed E-state index contributed by atoms with van der Waals surface area (Å²) in [6.45, 7) is 2.19. The topological polar surface area (TPSA) is 64.4 Å². The van der Waals surface area contributed by atoms with Crippen molar-refractivity contribution in [1.82, 2.24) is 0 Å². The van der Waals surface area contributed by atoms with E-state index in [0.717, 1.165) is 17.9 Å². The minimum Gasteiger partial charge on any atom is -0.494 e. The summed E-state index contributed by atoms with van der Waals surface area (Å²) in [6, 6.07) is 5.06. The van der Waals surface area contributed by atoms with Gasteiger partial charge in [0.25, 0.3) is 5.69 Å². The quantitative estimate of drug-likeness (QED) is 0.672. The third-order valence-electron chi connectivity index (χ3n) is 3.11. The molecule has 1 aromatic rings. The number of nitrogens with zero attached hydrogens (tertiary/aromatic N) is 1. The zero-order chi connectivity index (χ0) is 13.1. The lowest BCUT2D eigenvalue weighted by molar-refractivity contribution is -0.384. The van der Waals surface area contributed by atoms with Crippen LogP contribution in [0.25, 0.3) is 0 Å². The van der Waals surface area contributed by atoms with Gasteiger partial charge in [0.1, 0.15) is 5.75 Å². The van der Waals surface area contributed by atoms with Crippen molar-refractivity contribution in [3.8, 4) is 5.75 Å². The van der Waals surface area contributed by atoms with E-state index in [-0.39, 0.29) is 5.69 Å². The van der Waals surface area contributed by atoms with Crippen molar-refractivity contribution in [3.63, 3.8) is 0 Å². The normalized spacial score (nSPS) is 22.8. The molecule has 0 bridgehead atoms. The number of methoxy groups -OCH3 is 1. The molecule has 2 unspecified atom stereocenters. The Morgan fingerprint density at radius 3 is 2.89 bits per heavy atom. The lowest BCUT2D eigenvalue weighted by Crippen LogP contribution is -2.24. The van der Waals surface area contributed by atoms with E-state index >= 15 is 0 Å². The van der Waals surface area contributed by atoms with Crippen molar-refractivity contribution in [1.29, 1.82) is 0 Å². The molecule has 1 saturated heterocycles. The van der Waals surface area contributed by atoms with Crippen LogP contribution in [0.4, 0.5) is 11.4 Å². The molecule has 5 nitrogen and oxygen atoms in total. The third-order valence-corrected chi connectivity index (χ3v) is 4.44. The van der Waals surface area contributed by atoms with Crippen LogP contribution in [-0.2, 0) is 0 Å². The number of non-ortho nitro benzene ring substituents is 1. The van der Waals surface area contributed by atoms with Crippen molar-refractivity contribution >= 4 is 23.1 Å². The SMILES string of the molecule is COc1cc([N+](=O)[O-])ccc1NC1CCSC1C. The molecule has 1 fully saturated rings. The molecule has 0 amide bonds. The molecule has 1 aliphatic rings. The first-order chi connectivity index (χ1) is 8.61. The van der Waals surface area contributed by atoms with Crippen LogP contribution in [0.1, 0.15) is 13.3 Å². The Labute approximate surface area is 110 Å². The maximum Gasteiger partial charge on any atom is 0.273 e. The highest BCUT2D eigenvalue weighted by Gasteiger charge is 2.25. The molecule has 0 aliphatic carbocycles. The van der Waals surface area contributed by atoms with E-state index in [9.17, 15) is 10.1 Å². The second kappa shape index (κ2) is 5.48. The van der Waals surface area contributed by atoms with Crippen LogP contribution in [0.3, 0.4) is 0 Å². The minimum absolute atomic E-state index is 0.0474. The molecular formula is C12H16N2O3S. The Bertz CT molecular complexity index is 453. The van der Waals surface area contributed by atoms with E-state index in [1.165, 1.54) is 19.2 Å². The molecule has 1 aliphatic heterocycles. The summed E-state index contributed by atoms with van der Waals surface area (Å²) in [7, 11) is 1.52. The molecule has 1 N–H and O–H groups in total. The molecule has 0 radical (unpaired) electrons. The van der Waals surface area contributed by atoms with Gasteiger partial charge in [-0.25, -0.2) is 0 Å². The van der Waals surface area contributed by atoms with E-state index in [1.807, 2.05) is 11.8 Å². The monoisotopic (exact) mass is 268 g/mol. The average molecular weight is 268 g/mol. The number of benzene rings is 1. The molecule has 0 saturated carbocycles. The van der Waals surface area contributed by atoms with Crippen molar-refractivity contribution in [2.24, 2.45) is 0 Å². The number of ether oxygens (including phenoxy) is 1. The molecule has 98 valence electrons. The van der Waals surface area contributed by atoms with E-state index in [1.54, 1.807) is 6.07 Å². The predicted octanol–water partition coefficient (Wildman–Crippen LogP) is 2.91. The first-order valence-corrected chi connectivity index (χ1v) is 6.87. The zero-order valence-corrected chi connectivity index (χ0v) is 11.2. The van der Waals surface area contributed by atoms with Gasteiger partial charge >= 0.3 is 0 Å². The first kappa shape index (κ1) is 13.0. The highest BCUT2D eigenvalue weighted by Crippen LogP contribution is 2.34. The van der Waals surface area contributed by atoms with Crippen molar-refractivity contribution in [2.75, 3.05) is 18.2 Å². The standard InChI is InChI=1S/C12H16N2O3S/c1-8-10(5-6-18-8)13-11-4-3-9(14(15)16)7-12(11)17-2/h3-4,7-8,10,13H,5-6H2,1-2H3. The summed E-state index contributed by atoms with van der Waals surface area (Å²) in [4.78, 5) is 10.3. The van der Waals surface area contributed by atoms with Gasteiger partial charge in [0.05, 0.1) is 23.8 Å². The summed E-state index contributed by atoms with van der Waals surface area (Å²) < 4.78 is 5.21. The molecular weight excluding hydrogens is 252 g/mol. The van der Waals surface area contributed by atoms with E-state index < -0.39 is 4.92 Å². The summed E-state index contributed by atoms with van der Waals surface area (Å²) in [5.74, 6) is 1.67. The third kappa shape index (κ3) is 2.69. The van der Waals surface area contributed by atoms with Gasteiger partial charge in [-0.05, 0) is 18.2 Å². The van der Waals surface area contributed by atoms with Gasteiger partial charge < -0.3 is 10.1 Å². The zero-order valence-electron chi connectivity index (χ0n) is 10.4. The summed E-state index contributed by atoms with van der Waals surface area (Å²) in [5, 5.41) is 14.7. The molecule has 1 heterocycles. The van der Waals surface area contributed by atoms with E-state index in [4.69, 9.17) is 4.74 Å². The Morgan fingerprint density at radius 1 is 1.56 bits per heavy atom. The van der Waals surface area contributed by atoms with Crippen molar-refractivity contribution in [2.45, 2.75) is 24.6 Å². The van der Waals surface area contributed by atoms with Crippen LogP contribution in [0.5, 0.6) is 5.75 Å². The summed E-state index contributed by atoms with van der Waals surface area (Å²) >= 11 is 1.93. The molecule has 1 aromatic carbocycles. The van der Waals surface area contributed by atoms with Gasteiger partial charge in [0, 0.05) is 17.4 Å². The number of anilines is 1. The molecule has 2 atom stereocenters. The van der Waals surface area contributed by atoms with E-state index in [2.05, 4.69) is 12.2 Å². The molecule has 2 rings (SSSR count). The van der Waals surface area contributed by atoms with Gasteiger partial charge in [-0.15, -0.1) is 0 Å². The van der Waals surface area contributed by atoms with Crippen LogP contribution in [-0.4, -0.2) is 29.1 Å². The maximum absolute atomic E-state index is 10.7. The average Bonchev–Trinajstić information content (AvgIpc) is 2.75. The predicted molar refractivity (Wildman–Crippen MR) is 73.6 cm³/mol. The fraction of sp³-hybridized carbons (Fsp3) is 0.500. The van der Waals surface area contributed by atoms with Crippen LogP contribution in [0.15, 0.2) is 18.2 Å². The Kier molecular flexibility index (Phi) is 3.96. The summed E-state index contributed by atoms with van der Waals surface area (Å²) in [5.41, 5.74) is 0.869. The van der Waals surface area contributed by atoms with Gasteiger partial charge in [-0.1, -0.05) is 6.92 Å². The number of thioether (sulfide) groups is 1. The lowest BCUT2D eigenvalue weighted by Gasteiger charge is -2.19. The minimum atomic E-state index is -0.416. The largest absolute Gasteiger partial charge is 0.494 e. The first-order valence-electron chi connectivity index (χ1n) is 5.82. The Morgan fingerprint density at radius 2 is 2.33 bits per heavy atom. The molecule has 18 heavy (non-hydrogen) atoms. The number of nitro groups is 1. The van der Waals surface area contributed by atoms with Gasteiger partial charge in [0.2, 0.25) is 0 Å². The summed E-state index contributed by atoms with van der Waals surface area (Å²) in [6.07, 6.45) is 1.10. The van der Waals surface area contributed by atoms with Crippen LogP contribution in [0.2, 0.25) is 0 Å². The fourth-order valence-electron chi connectivity index (χ4n) is 2.03. The van der Waals surface area contributed by atoms with Crippen LogP contribution < -0.4 is 10.1 Å². The Balaban J connectivity index is 2.19. The number of rotatable bonds is 4. The van der Waals surface area contributed by atoms with Crippen molar-refractivity contribution < 1.29 is 9.66 Å². The molecule has 0 aromatic heterocycles. The van der Waals surface area contributed by atoms with Crippen LogP contribution in [0, 0.1) is 10.1 Å². The molecule has 0 spiro atoms. The fourth-order valence-corrected chi connectivity index (χ4v) is 3.23. The van der Waals surface area contributed by atoms with Crippen LogP contribution >= 0.6 is 11.8 Å². The van der Waals surface area contributed by atoms with Gasteiger partial charge in [-0.2, -0.15) is 11.8 Å². The number of nitro benzene ring substituents is 1. The maximum atomic E-state index is 10.7. The second-order valence-corrected chi connectivity index (χ2v) is 5.74. The molecule has 6 heteroatoms. The highest BCUT2D eigenvalue weighted by molar-refractivity contribution is 8.00. The highest BCUT2D eigenvalue weighted by atomic mass is 32.2. The van der Waals surface area contributed by atoms with Crippen molar-refractivity contribution in [3.05, 3.63) is 28.3 Å². The lowest BCUT2D eigenvalue weighted by atomic mass is 10.1. The smallest absolute Gasteiger partial charge is 0.273 e.